The van der Waals surface area contributed by atoms with E-state index in [1.54, 1.807) is 49.4 Å². The molecule has 1 aliphatic heterocycles. The predicted octanol–water partition coefficient (Wildman–Crippen LogP) is 5.03. The van der Waals surface area contributed by atoms with Crippen LogP contribution in [0.4, 0.5) is 10.5 Å². The topological polar surface area (TPSA) is 143 Å². The molecule has 0 radical (unpaired) electrons. The van der Waals surface area contributed by atoms with Crippen molar-refractivity contribution in [3.63, 3.8) is 0 Å². The molecule has 0 aliphatic carbocycles. The zero-order chi connectivity index (χ0) is 25.9. The molecular formula is C26H26N2O8. The van der Waals surface area contributed by atoms with Crippen LogP contribution in [0.15, 0.2) is 72.8 Å². The van der Waals surface area contributed by atoms with Crippen molar-refractivity contribution in [1.82, 2.24) is 5.32 Å². The molecule has 1 aliphatic rings. The van der Waals surface area contributed by atoms with Crippen molar-refractivity contribution in [2.24, 2.45) is 0 Å². The molecule has 0 spiro atoms. The van der Waals surface area contributed by atoms with Crippen LogP contribution < -0.4 is 24.8 Å². The van der Waals surface area contributed by atoms with E-state index in [4.69, 9.17) is 19.3 Å². The highest BCUT2D eigenvalue weighted by Gasteiger charge is 2.22. The smallest absolute Gasteiger partial charge is 0.319 e. The first-order valence-corrected chi connectivity index (χ1v) is 11.1. The molecule has 0 saturated carbocycles. The number of urea groups is 1. The molecule has 36 heavy (non-hydrogen) atoms. The van der Waals surface area contributed by atoms with E-state index in [2.05, 4.69) is 10.6 Å². The highest BCUT2D eigenvalue weighted by atomic mass is 16.7. The summed E-state index contributed by atoms with van der Waals surface area (Å²) in [6, 6.07) is 20.0. The van der Waals surface area contributed by atoms with Crippen molar-refractivity contribution in [2.45, 2.75) is 25.8 Å². The second kappa shape index (κ2) is 12.7. The maximum Gasteiger partial charge on any atom is 0.319 e. The number of benzene rings is 3. The summed E-state index contributed by atoms with van der Waals surface area (Å²) in [4.78, 5) is 33.3. The maximum atomic E-state index is 12.6. The lowest BCUT2D eigenvalue weighted by Gasteiger charge is -2.18. The van der Waals surface area contributed by atoms with E-state index in [1.165, 1.54) is 0 Å². The fourth-order valence-corrected chi connectivity index (χ4v) is 3.14. The summed E-state index contributed by atoms with van der Waals surface area (Å²) in [6.07, 6.45) is -0.0653. The number of aliphatic carboxylic acids is 2. The Morgan fingerprint density at radius 2 is 1.58 bits per heavy atom. The third-order valence-electron chi connectivity index (χ3n) is 4.86. The number of carboxylic acids is 2. The van der Waals surface area contributed by atoms with E-state index >= 15 is 0 Å². The van der Waals surface area contributed by atoms with Crippen LogP contribution in [0.3, 0.4) is 0 Å². The predicted molar refractivity (Wildman–Crippen MR) is 131 cm³/mol. The summed E-state index contributed by atoms with van der Waals surface area (Å²) >= 11 is 0. The Labute approximate surface area is 207 Å². The van der Waals surface area contributed by atoms with Gasteiger partial charge >= 0.3 is 18.0 Å². The van der Waals surface area contributed by atoms with Crippen LogP contribution >= 0.6 is 0 Å². The molecule has 4 N–H and O–H groups in total. The Hall–Kier alpha value is -4.73. The van der Waals surface area contributed by atoms with Gasteiger partial charge in [0.2, 0.25) is 6.79 Å². The van der Waals surface area contributed by atoms with Gasteiger partial charge in [-0.1, -0.05) is 37.3 Å². The molecule has 10 nitrogen and oxygen atoms in total. The van der Waals surface area contributed by atoms with Gasteiger partial charge in [0.1, 0.15) is 11.5 Å². The van der Waals surface area contributed by atoms with Crippen LogP contribution in [-0.2, 0) is 9.59 Å². The first kappa shape index (κ1) is 25.9. The van der Waals surface area contributed by atoms with Crippen LogP contribution in [0.2, 0.25) is 0 Å². The third kappa shape index (κ3) is 7.94. The lowest BCUT2D eigenvalue weighted by Crippen LogP contribution is -2.33. The van der Waals surface area contributed by atoms with E-state index in [-0.39, 0.29) is 19.6 Å². The first-order valence-electron chi connectivity index (χ1n) is 11.1. The SMILES string of the molecule is CCC(=O)O.O=C(O)C[C@H](NC(=O)Nc1cccc(Oc2ccccc2)c1)c1ccc2c(c1)OCO2. The van der Waals surface area contributed by atoms with Gasteiger partial charge in [0.25, 0.3) is 0 Å². The lowest BCUT2D eigenvalue weighted by atomic mass is 10.0. The molecule has 10 heteroatoms. The van der Waals surface area contributed by atoms with Gasteiger partial charge in [-0.15, -0.1) is 0 Å². The van der Waals surface area contributed by atoms with Gasteiger partial charge in [-0.2, -0.15) is 0 Å². The quantitative estimate of drug-likeness (QED) is 0.342. The number of hydrogen-bond acceptors (Lipinski definition) is 6. The summed E-state index contributed by atoms with van der Waals surface area (Å²) in [5.74, 6) is 0.542. The maximum absolute atomic E-state index is 12.6. The van der Waals surface area contributed by atoms with Crippen LogP contribution in [0.1, 0.15) is 31.4 Å². The molecule has 0 saturated heterocycles. The van der Waals surface area contributed by atoms with Gasteiger partial charge in [-0.3, -0.25) is 9.59 Å². The van der Waals surface area contributed by atoms with Crippen molar-refractivity contribution in [3.05, 3.63) is 78.4 Å². The molecule has 0 bridgehead atoms. The van der Waals surface area contributed by atoms with Crippen LogP contribution in [0.25, 0.3) is 0 Å². The Morgan fingerprint density at radius 1 is 0.889 bits per heavy atom. The molecule has 1 atom stereocenters. The average molecular weight is 495 g/mol. The second-order valence-electron chi connectivity index (χ2n) is 7.55. The van der Waals surface area contributed by atoms with E-state index in [0.29, 0.717) is 34.2 Å². The number of para-hydroxylation sites is 1. The average Bonchev–Trinajstić information content (AvgIpc) is 3.32. The summed E-state index contributed by atoms with van der Waals surface area (Å²) in [7, 11) is 0. The summed E-state index contributed by atoms with van der Waals surface area (Å²) in [5.41, 5.74) is 1.11. The van der Waals surface area contributed by atoms with Gasteiger partial charge in [0.15, 0.2) is 11.5 Å². The highest BCUT2D eigenvalue weighted by molar-refractivity contribution is 5.90. The minimum absolute atomic E-state index is 0.109. The minimum atomic E-state index is -1.04. The van der Waals surface area contributed by atoms with E-state index in [0.717, 1.165) is 0 Å². The Kier molecular flexibility index (Phi) is 9.10. The van der Waals surface area contributed by atoms with E-state index in [9.17, 15) is 19.5 Å². The van der Waals surface area contributed by atoms with Gasteiger partial charge in [0, 0.05) is 18.2 Å². The second-order valence-corrected chi connectivity index (χ2v) is 7.55. The normalized spacial score (nSPS) is 11.9. The molecule has 0 unspecified atom stereocenters. The number of nitrogens with one attached hydrogen (secondary N) is 2. The third-order valence-corrected chi connectivity index (χ3v) is 4.86. The molecule has 0 fully saturated rings. The van der Waals surface area contributed by atoms with E-state index in [1.807, 2.05) is 30.3 Å². The zero-order valence-electron chi connectivity index (χ0n) is 19.5. The van der Waals surface area contributed by atoms with Crippen molar-refractivity contribution < 1.29 is 38.8 Å². The number of hydrogen-bond donors (Lipinski definition) is 4. The molecular weight excluding hydrogens is 468 g/mol. The summed E-state index contributed by atoms with van der Waals surface area (Å²) in [5, 5.41) is 22.4. The summed E-state index contributed by atoms with van der Waals surface area (Å²) < 4.78 is 16.4. The molecule has 4 rings (SSSR count). The Bertz CT molecular complexity index is 1200. The number of anilines is 1. The van der Waals surface area contributed by atoms with Gasteiger partial charge < -0.3 is 35.1 Å². The molecule has 188 valence electrons. The molecule has 3 aromatic carbocycles. The van der Waals surface area contributed by atoms with Crippen LogP contribution in [0, 0.1) is 0 Å². The molecule has 1 heterocycles. The molecule has 2 amide bonds. The number of carbonyl (C=O) groups is 3. The highest BCUT2D eigenvalue weighted by Crippen LogP contribution is 2.35. The number of amides is 2. The monoisotopic (exact) mass is 494 g/mol. The van der Waals surface area contributed by atoms with Gasteiger partial charge in [0.05, 0.1) is 12.5 Å². The van der Waals surface area contributed by atoms with Crippen molar-refractivity contribution >= 4 is 23.7 Å². The number of ether oxygens (including phenoxy) is 3. The fourth-order valence-electron chi connectivity index (χ4n) is 3.14. The lowest BCUT2D eigenvalue weighted by molar-refractivity contribution is -0.138. The largest absolute Gasteiger partial charge is 0.481 e. The Balaban J connectivity index is 0.000000658. The van der Waals surface area contributed by atoms with Crippen molar-refractivity contribution in [2.75, 3.05) is 12.1 Å². The number of carboxylic acid groups (broad SMARTS) is 2. The zero-order valence-corrected chi connectivity index (χ0v) is 19.5. The number of rotatable bonds is 8. The number of carbonyl (C=O) groups excluding carboxylic acids is 1. The minimum Gasteiger partial charge on any atom is -0.481 e. The summed E-state index contributed by atoms with van der Waals surface area (Å²) in [6.45, 7) is 1.71. The molecule has 3 aromatic rings. The van der Waals surface area contributed by atoms with Crippen molar-refractivity contribution in [1.29, 1.82) is 0 Å². The fraction of sp³-hybridized carbons (Fsp3) is 0.192. The van der Waals surface area contributed by atoms with Gasteiger partial charge in [-0.05, 0) is 42.0 Å². The van der Waals surface area contributed by atoms with Crippen LogP contribution in [-0.4, -0.2) is 35.0 Å². The standard InChI is InChI=1S/C23H20N2O6.C3H6O2/c26-22(27)13-19(15-9-10-20-21(11-15)30-14-29-20)25-23(28)24-16-5-4-8-18(12-16)31-17-6-2-1-3-7-17;1-2-3(4)5/h1-12,19H,13-14H2,(H,26,27)(H2,24,25,28);2H2,1H3,(H,4,5)/t19-;/m0./s1. The first-order chi connectivity index (χ1) is 17.3. The molecule has 0 aromatic heterocycles. The Morgan fingerprint density at radius 3 is 2.28 bits per heavy atom. The van der Waals surface area contributed by atoms with Crippen molar-refractivity contribution in [3.8, 4) is 23.0 Å². The van der Waals surface area contributed by atoms with Crippen LogP contribution in [0.5, 0.6) is 23.0 Å². The van der Waals surface area contributed by atoms with E-state index < -0.39 is 24.0 Å². The number of fused-ring (bicyclic) bond motifs is 1. The van der Waals surface area contributed by atoms with Gasteiger partial charge in [-0.25, -0.2) is 4.79 Å².